The second-order valence-electron chi connectivity index (χ2n) is 4.50. The number of hydrogen-bond donors (Lipinski definition) is 1. The molecule has 0 aliphatic rings. The molecule has 0 radical (unpaired) electrons. The van der Waals surface area contributed by atoms with Gasteiger partial charge in [-0.2, -0.15) is 0 Å². The van der Waals surface area contributed by atoms with Crippen LogP contribution in [0.15, 0.2) is 33.7 Å². The Morgan fingerprint density at radius 2 is 2.26 bits per heavy atom. The average Bonchev–Trinajstić information content (AvgIpc) is 2.37. The van der Waals surface area contributed by atoms with Crippen LogP contribution in [0.5, 0.6) is 0 Å². The molecule has 0 aliphatic heterocycles. The van der Waals surface area contributed by atoms with E-state index in [9.17, 15) is 4.79 Å². The summed E-state index contributed by atoms with van der Waals surface area (Å²) in [5, 5.41) is 3.10. The first-order valence-electron chi connectivity index (χ1n) is 6.11. The number of halogens is 1. The van der Waals surface area contributed by atoms with Gasteiger partial charge in [-0.15, -0.1) is 0 Å². The van der Waals surface area contributed by atoms with E-state index < -0.39 is 0 Å². The van der Waals surface area contributed by atoms with Crippen molar-refractivity contribution in [3.8, 4) is 0 Å². The summed E-state index contributed by atoms with van der Waals surface area (Å²) in [5.41, 5.74) is 1.42. The molecule has 0 spiro atoms. The van der Waals surface area contributed by atoms with Crippen LogP contribution in [0.3, 0.4) is 0 Å². The fourth-order valence-corrected chi connectivity index (χ4v) is 2.20. The van der Waals surface area contributed by atoms with Gasteiger partial charge in [-0.05, 0) is 42.2 Å². The zero-order valence-electron chi connectivity index (χ0n) is 11.1. The van der Waals surface area contributed by atoms with Gasteiger partial charge >= 0.3 is 0 Å². The number of aromatic nitrogens is 2. The second-order valence-corrected chi connectivity index (χ2v) is 5.42. The van der Waals surface area contributed by atoms with Crippen molar-refractivity contribution in [3.05, 3.63) is 44.9 Å². The lowest BCUT2D eigenvalue weighted by atomic mass is 10.3. The summed E-state index contributed by atoms with van der Waals surface area (Å²) in [7, 11) is 3.94. The third-order valence-corrected chi connectivity index (χ3v) is 3.32. The number of likely N-dealkylation sites (N-methyl/N-ethyl adjacent to an activating group) is 2. The van der Waals surface area contributed by atoms with Crippen molar-refractivity contribution in [2.45, 2.75) is 6.54 Å². The molecule has 19 heavy (non-hydrogen) atoms. The molecule has 5 nitrogen and oxygen atoms in total. The molecule has 2 aromatic heterocycles. The van der Waals surface area contributed by atoms with E-state index in [0.717, 1.165) is 23.3 Å². The van der Waals surface area contributed by atoms with Crippen molar-refractivity contribution in [2.24, 2.45) is 0 Å². The molecule has 102 valence electrons. The van der Waals surface area contributed by atoms with Crippen molar-refractivity contribution < 1.29 is 0 Å². The summed E-state index contributed by atoms with van der Waals surface area (Å²) in [6, 6.07) is 5.31. The highest BCUT2D eigenvalue weighted by Gasteiger charge is 2.05. The molecule has 1 N–H and O–H groups in total. The van der Waals surface area contributed by atoms with Gasteiger partial charge in [-0.25, -0.2) is 4.98 Å². The van der Waals surface area contributed by atoms with Crippen molar-refractivity contribution in [3.63, 3.8) is 0 Å². The lowest BCUT2D eigenvalue weighted by molar-refractivity contribution is 0.324. The third kappa shape index (κ3) is 3.62. The third-order valence-electron chi connectivity index (χ3n) is 2.85. The number of nitrogens with zero attached hydrogens (tertiary/aromatic N) is 3. The molecule has 0 atom stereocenters. The van der Waals surface area contributed by atoms with E-state index in [4.69, 9.17) is 0 Å². The van der Waals surface area contributed by atoms with Crippen LogP contribution in [0.25, 0.3) is 5.65 Å². The van der Waals surface area contributed by atoms with Crippen LogP contribution in [0, 0.1) is 0 Å². The Morgan fingerprint density at radius 1 is 1.47 bits per heavy atom. The monoisotopic (exact) mass is 324 g/mol. The molecule has 2 aromatic rings. The minimum atomic E-state index is -0.0525. The summed E-state index contributed by atoms with van der Waals surface area (Å²) in [6.45, 7) is 2.50. The maximum Gasteiger partial charge on any atom is 0.258 e. The van der Waals surface area contributed by atoms with Gasteiger partial charge in [0.25, 0.3) is 5.56 Å². The fourth-order valence-electron chi connectivity index (χ4n) is 1.87. The first kappa shape index (κ1) is 14.2. The summed E-state index contributed by atoms with van der Waals surface area (Å²) in [4.78, 5) is 18.7. The van der Waals surface area contributed by atoms with Crippen LogP contribution in [0.1, 0.15) is 5.69 Å². The molecule has 2 rings (SSSR count). The lowest BCUT2D eigenvalue weighted by Crippen LogP contribution is -2.28. The Bertz CT molecular complexity index is 626. The van der Waals surface area contributed by atoms with E-state index in [2.05, 4.69) is 31.1 Å². The molecular weight excluding hydrogens is 308 g/mol. The zero-order valence-corrected chi connectivity index (χ0v) is 12.6. The molecule has 0 unspecified atom stereocenters. The highest BCUT2D eigenvalue weighted by atomic mass is 79.9. The van der Waals surface area contributed by atoms with Crippen molar-refractivity contribution in [1.82, 2.24) is 19.6 Å². The Morgan fingerprint density at radius 3 is 3.00 bits per heavy atom. The quantitative estimate of drug-likeness (QED) is 0.895. The fraction of sp³-hybridized carbons (Fsp3) is 0.385. The molecule has 0 aliphatic carbocycles. The molecule has 0 aromatic carbocycles. The van der Waals surface area contributed by atoms with Crippen LogP contribution < -0.4 is 10.9 Å². The van der Waals surface area contributed by atoms with E-state index in [0.29, 0.717) is 12.2 Å². The van der Waals surface area contributed by atoms with Gasteiger partial charge in [0, 0.05) is 36.4 Å². The van der Waals surface area contributed by atoms with E-state index in [1.807, 2.05) is 26.2 Å². The molecule has 0 fully saturated rings. The Balaban J connectivity index is 2.26. The zero-order chi connectivity index (χ0) is 13.8. The van der Waals surface area contributed by atoms with E-state index in [1.54, 1.807) is 16.7 Å². The highest BCUT2D eigenvalue weighted by Crippen LogP contribution is 2.09. The highest BCUT2D eigenvalue weighted by molar-refractivity contribution is 9.10. The maximum absolute atomic E-state index is 12.0. The summed E-state index contributed by atoms with van der Waals surface area (Å²) in [6.07, 6.45) is 1.74. The van der Waals surface area contributed by atoms with Gasteiger partial charge < -0.3 is 5.32 Å². The van der Waals surface area contributed by atoms with Crippen molar-refractivity contribution >= 4 is 21.6 Å². The van der Waals surface area contributed by atoms with Crippen molar-refractivity contribution in [2.75, 3.05) is 27.2 Å². The molecule has 0 amide bonds. The molecule has 0 bridgehead atoms. The number of pyridine rings is 1. The number of nitrogens with one attached hydrogen (secondary N) is 1. The van der Waals surface area contributed by atoms with Gasteiger partial charge in [-0.3, -0.25) is 14.1 Å². The van der Waals surface area contributed by atoms with Crippen molar-refractivity contribution in [1.29, 1.82) is 0 Å². The Kier molecular flexibility index (Phi) is 4.68. The normalized spacial score (nSPS) is 11.4. The van der Waals surface area contributed by atoms with Gasteiger partial charge in [0.2, 0.25) is 0 Å². The molecule has 6 heteroatoms. The largest absolute Gasteiger partial charge is 0.318 e. The van der Waals surface area contributed by atoms with E-state index in [-0.39, 0.29) is 5.56 Å². The number of fused-ring (bicyclic) bond motifs is 1. The molecule has 2 heterocycles. The topological polar surface area (TPSA) is 49.6 Å². The smallest absolute Gasteiger partial charge is 0.258 e. The minimum Gasteiger partial charge on any atom is -0.318 e. The van der Waals surface area contributed by atoms with E-state index in [1.165, 1.54) is 0 Å². The van der Waals surface area contributed by atoms with Crippen LogP contribution in [-0.2, 0) is 6.54 Å². The molecular formula is C13H17BrN4O. The Hall–Kier alpha value is -1.24. The Labute approximate surface area is 120 Å². The first-order valence-corrected chi connectivity index (χ1v) is 6.90. The molecule has 0 saturated carbocycles. The van der Waals surface area contributed by atoms with Crippen LogP contribution >= 0.6 is 15.9 Å². The van der Waals surface area contributed by atoms with E-state index >= 15 is 0 Å². The average molecular weight is 325 g/mol. The minimum absolute atomic E-state index is 0.0525. The summed E-state index contributed by atoms with van der Waals surface area (Å²) < 4.78 is 2.41. The standard InChI is InChI=1S/C13H17BrN4O/c1-15-5-6-17(2)9-11-7-13(19)18-8-10(14)3-4-12(18)16-11/h3-4,7-8,15H,5-6,9H2,1-2H3. The number of rotatable bonds is 5. The van der Waals surface area contributed by atoms with Crippen LogP contribution in [-0.4, -0.2) is 41.5 Å². The maximum atomic E-state index is 12.0. The van der Waals surface area contributed by atoms with Gasteiger partial charge in [0.05, 0.1) is 5.69 Å². The lowest BCUT2D eigenvalue weighted by Gasteiger charge is -2.15. The van der Waals surface area contributed by atoms with Gasteiger partial charge in [-0.1, -0.05) is 0 Å². The molecule has 0 saturated heterocycles. The predicted octanol–water partition coefficient (Wildman–Crippen LogP) is 1.11. The summed E-state index contributed by atoms with van der Waals surface area (Å²) >= 11 is 3.35. The SMILES string of the molecule is CNCCN(C)Cc1cc(=O)n2cc(Br)ccc2n1. The van der Waals surface area contributed by atoms with Gasteiger partial charge in [0.1, 0.15) is 5.65 Å². The van der Waals surface area contributed by atoms with Crippen LogP contribution in [0.2, 0.25) is 0 Å². The van der Waals surface area contributed by atoms with Gasteiger partial charge in [0.15, 0.2) is 0 Å². The summed E-state index contributed by atoms with van der Waals surface area (Å²) in [5.74, 6) is 0. The predicted molar refractivity (Wildman–Crippen MR) is 79.4 cm³/mol. The first-order chi connectivity index (χ1) is 9.10. The second kappa shape index (κ2) is 6.27. The van der Waals surface area contributed by atoms with Crippen LogP contribution in [0.4, 0.5) is 0 Å². The number of hydrogen-bond acceptors (Lipinski definition) is 4.